The minimum atomic E-state index is -3.43. The summed E-state index contributed by atoms with van der Waals surface area (Å²) < 4.78 is 40.4. The largest absolute Gasteiger partial charge is 0.615 e. The molecule has 0 aromatic heterocycles. The van der Waals surface area contributed by atoms with Gasteiger partial charge in [-0.05, 0) is 114 Å². The number of aliphatic hydroxyl groups excluding tert-OH is 1. The summed E-state index contributed by atoms with van der Waals surface area (Å²) in [4.78, 5) is 25.0. The van der Waals surface area contributed by atoms with E-state index in [1.54, 1.807) is 0 Å². The first-order valence-corrected chi connectivity index (χ1v) is 19.3. The molecule has 0 radical (unpaired) electrons. The van der Waals surface area contributed by atoms with Crippen LogP contribution in [0.15, 0.2) is 21.3 Å². The summed E-state index contributed by atoms with van der Waals surface area (Å²) in [5, 5.41) is 12.7. The molecule has 1 N–H and O–H groups in total. The number of nitrogens with zero attached hydrogens (tertiary/aromatic N) is 5. The van der Waals surface area contributed by atoms with Crippen LogP contribution in [0.5, 0.6) is 0 Å². The fourth-order valence-electron chi connectivity index (χ4n) is 8.16. The van der Waals surface area contributed by atoms with Crippen LogP contribution >= 0.6 is 0 Å². The van der Waals surface area contributed by atoms with Crippen LogP contribution in [0.3, 0.4) is 0 Å². The number of carbonyl (C=O) groups excluding carboxylic acids is 1. The highest BCUT2D eigenvalue weighted by Crippen LogP contribution is 2.45. The van der Waals surface area contributed by atoms with Crippen molar-refractivity contribution in [2.24, 2.45) is 16.0 Å². The van der Waals surface area contributed by atoms with Gasteiger partial charge in [0.15, 0.2) is 17.5 Å². The van der Waals surface area contributed by atoms with Gasteiger partial charge in [-0.15, -0.1) is 4.21 Å². The van der Waals surface area contributed by atoms with Gasteiger partial charge in [-0.25, -0.2) is 4.99 Å². The molecule has 11 nitrogen and oxygen atoms in total. The summed E-state index contributed by atoms with van der Waals surface area (Å²) in [6.07, 6.45) is 14.1. The number of hydrogen-bond donors (Lipinski definition) is 1. The van der Waals surface area contributed by atoms with Crippen LogP contribution in [0.4, 0.5) is 0 Å². The second-order valence-corrected chi connectivity index (χ2v) is 16.1. The molecule has 5 rings (SSSR count). The number of ether oxygens (including phenoxy) is 2. The molecule has 5 aliphatic rings. The fraction of sp³-hybridized carbons (Fsp3) is 0.879. The minimum Gasteiger partial charge on any atom is -0.615 e. The Morgan fingerprint density at radius 2 is 1.78 bits per heavy atom. The second-order valence-electron chi connectivity index (χ2n) is 13.7. The molecular weight excluding hydrogens is 594 g/mol. The lowest BCUT2D eigenvalue weighted by molar-refractivity contribution is -0.140. The van der Waals surface area contributed by atoms with E-state index in [0.29, 0.717) is 44.9 Å². The molecule has 0 aromatic rings. The van der Waals surface area contributed by atoms with Crippen molar-refractivity contribution in [1.29, 1.82) is 0 Å². The number of carbonyl (C=O) groups is 1. The Morgan fingerprint density at radius 3 is 2.49 bits per heavy atom. The van der Waals surface area contributed by atoms with Gasteiger partial charge in [0, 0.05) is 60.3 Å². The van der Waals surface area contributed by atoms with Crippen molar-refractivity contribution in [3.63, 3.8) is 0 Å². The van der Waals surface area contributed by atoms with E-state index in [9.17, 15) is 13.6 Å². The van der Waals surface area contributed by atoms with Crippen molar-refractivity contribution in [3.05, 3.63) is 21.6 Å². The number of piperidine rings is 1. The Bertz CT molecular complexity index is 1170. The fourth-order valence-corrected chi connectivity index (χ4v) is 10.1. The van der Waals surface area contributed by atoms with Gasteiger partial charge in [-0.3, -0.25) is 4.79 Å². The summed E-state index contributed by atoms with van der Waals surface area (Å²) >= 11 is 0. The molecule has 0 aromatic carbocycles. The Hall–Kier alpha value is -1.98. The van der Waals surface area contributed by atoms with Crippen LogP contribution in [0.1, 0.15) is 116 Å². The molecule has 0 spiro atoms. The van der Waals surface area contributed by atoms with Crippen LogP contribution in [0.2, 0.25) is 0 Å². The number of amides is 1. The van der Waals surface area contributed by atoms with Gasteiger partial charge in [0.05, 0.1) is 6.10 Å². The normalized spacial score (nSPS) is 31.1. The third-order valence-electron chi connectivity index (χ3n) is 10.8. The standard InChI is InChI=1S/C33H53N5O6S/c34-37-35-24-26-10-5-6-13-29(26)30-33(32(40)38-19-7-2-8-20-38,18-23-45(41,42)28-11-3-1-4-12-28)36-31(44-30)25-14-16-27(17-15-25)43-22-9-21-39/h25,27-28,30,39H,1-24H2/t25?,27?,30-,33-/m1/s1. The molecule has 2 saturated carbocycles. The van der Waals surface area contributed by atoms with Crippen LogP contribution in [0.25, 0.3) is 10.4 Å². The molecule has 12 heteroatoms. The molecule has 3 aliphatic carbocycles. The molecule has 2 heterocycles. The SMILES string of the molecule is [N-]=[N+]=NCC1=C([C@H]2OC(C3CCC(OCCCO)CC3)=N[C@@]2(CC[S+](=O)([O-])C2CCCCC2)C(=O)N2CCCCC2)CCCC1. The molecule has 3 fully saturated rings. The predicted octanol–water partition coefficient (Wildman–Crippen LogP) is 6.03. The zero-order valence-electron chi connectivity index (χ0n) is 26.9. The van der Waals surface area contributed by atoms with E-state index in [0.717, 1.165) is 101 Å². The summed E-state index contributed by atoms with van der Waals surface area (Å²) in [5.41, 5.74) is 9.78. The van der Waals surface area contributed by atoms with Gasteiger partial charge >= 0.3 is 0 Å². The van der Waals surface area contributed by atoms with E-state index in [-0.39, 0.29) is 48.5 Å². The highest BCUT2D eigenvalue weighted by molar-refractivity contribution is 7.98. The van der Waals surface area contributed by atoms with Crippen LogP contribution in [0, 0.1) is 5.92 Å². The Labute approximate surface area is 269 Å². The summed E-state index contributed by atoms with van der Waals surface area (Å²) in [6, 6.07) is 0. The van der Waals surface area contributed by atoms with Crippen molar-refractivity contribution in [1.82, 2.24) is 4.90 Å². The van der Waals surface area contributed by atoms with E-state index in [4.69, 9.17) is 25.1 Å². The average Bonchev–Trinajstić information content (AvgIpc) is 3.48. The Morgan fingerprint density at radius 1 is 1.07 bits per heavy atom. The monoisotopic (exact) mass is 647 g/mol. The minimum absolute atomic E-state index is 0.0287. The molecule has 1 amide bonds. The van der Waals surface area contributed by atoms with Gasteiger partial charge in [-0.2, -0.15) is 0 Å². The first-order chi connectivity index (χ1) is 21.9. The maximum absolute atomic E-state index is 14.8. The van der Waals surface area contributed by atoms with Gasteiger partial charge in [-0.1, -0.05) is 17.1 Å². The molecule has 45 heavy (non-hydrogen) atoms. The lowest BCUT2D eigenvalue weighted by Gasteiger charge is -2.39. The van der Waals surface area contributed by atoms with E-state index in [1.165, 1.54) is 0 Å². The predicted molar refractivity (Wildman–Crippen MR) is 174 cm³/mol. The average molecular weight is 648 g/mol. The number of sulfone groups is 1. The van der Waals surface area contributed by atoms with Crippen LogP contribution < -0.4 is 0 Å². The highest BCUT2D eigenvalue weighted by atomic mass is 32.3. The third-order valence-corrected chi connectivity index (χ3v) is 13.0. The highest BCUT2D eigenvalue weighted by Gasteiger charge is 2.57. The van der Waals surface area contributed by atoms with Crippen molar-refractivity contribution in [3.8, 4) is 0 Å². The molecule has 3 atom stereocenters. The molecular formula is C33H53N5O6S. The van der Waals surface area contributed by atoms with Gasteiger partial charge in [0.25, 0.3) is 5.91 Å². The van der Waals surface area contributed by atoms with E-state index >= 15 is 0 Å². The van der Waals surface area contributed by atoms with Crippen LogP contribution in [-0.2, 0) is 28.7 Å². The zero-order chi connectivity index (χ0) is 31.7. The Balaban J connectivity index is 1.50. The summed E-state index contributed by atoms with van der Waals surface area (Å²) in [7, 11) is -3.43. The number of likely N-dealkylation sites (tertiary alicyclic amines) is 1. The zero-order valence-corrected chi connectivity index (χ0v) is 27.7. The number of aliphatic hydroxyl groups is 1. The topological polar surface area (TPSA) is 160 Å². The van der Waals surface area contributed by atoms with Crippen molar-refractivity contribution in [2.45, 2.75) is 139 Å². The second kappa shape index (κ2) is 16.2. The number of hydrogen-bond acceptors (Lipinski definition) is 8. The third kappa shape index (κ3) is 8.30. The van der Waals surface area contributed by atoms with Crippen molar-refractivity contribution < 1.29 is 28.1 Å². The molecule has 1 saturated heterocycles. The first kappa shape index (κ1) is 34.4. The van der Waals surface area contributed by atoms with E-state index < -0.39 is 21.9 Å². The van der Waals surface area contributed by atoms with Gasteiger partial charge in [0.2, 0.25) is 0 Å². The maximum Gasteiger partial charge on any atom is 0.255 e. The molecule has 2 aliphatic heterocycles. The quantitative estimate of drug-likeness (QED) is 0.0642. The van der Waals surface area contributed by atoms with Gasteiger partial charge < -0.3 is 24.0 Å². The first-order valence-electron chi connectivity index (χ1n) is 17.6. The van der Waals surface area contributed by atoms with Crippen LogP contribution in [-0.4, -0.2) is 88.0 Å². The number of rotatable bonds is 13. The molecule has 1 unspecified atom stereocenters. The number of aliphatic imine (C=N–C) groups is 1. The summed E-state index contributed by atoms with van der Waals surface area (Å²) in [5.74, 6) is 0.415. The molecule has 0 bridgehead atoms. The van der Waals surface area contributed by atoms with Crippen molar-refractivity contribution >= 4 is 22.0 Å². The van der Waals surface area contributed by atoms with Gasteiger partial charge in [0.1, 0.15) is 11.0 Å². The summed E-state index contributed by atoms with van der Waals surface area (Å²) in [6.45, 7) is 2.17. The number of azide groups is 1. The maximum atomic E-state index is 14.8. The van der Waals surface area contributed by atoms with E-state index in [1.807, 2.05) is 4.90 Å². The molecule has 252 valence electrons. The lowest BCUT2D eigenvalue weighted by Crippen LogP contribution is -2.56. The van der Waals surface area contributed by atoms with Crippen molar-refractivity contribution in [2.75, 3.05) is 38.6 Å². The smallest absolute Gasteiger partial charge is 0.255 e. The lowest BCUT2D eigenvalue weighted by atomic mass is 9.78. The van der Waals surface area contributed by atoms with E-state index in [2.05, 4.69) is 10.0 Å². The Kier molecular flexibility index (Phi) is 12.4.